The second-order valence-corrected chi connectivity index (χ2v) is 4.39. The molecule has 1 aliphatic rings. The van der Waals surface area contributed by atoms with E-state index in [1.807, 2.05) is 6.07 Å². The lowest BCUT2D eigenvalue weighted by Gasteiger charge is -2.20. The second kappa shape index (κ2) is 4.83. The first kappa shape index (κ1) is 11.4. The molecule has 1 aromatic rings. The van der Waals surface area contributed by atoms with Gasteiger partial charge in [0.25, 0.3) is 0 Å². The lowest BCUT2D eigenvalue weighted by molar-refractivity contribution is 0.384. The predicted molar refractivity (Wildman–Crippen MR) is 62.4 cm³/mol. The van der Waals surface area contributed by atoms with E-state index in [2.05, 4.69) is 12.2 Å². The molecule has 0 radical (unpaired) electrons. The number of hydrogen-bond acceptors (Lipinski definition) is 2. The van der Waals surface area contributed by atoms with Gasteiger partial charge in [-0.25, -0.2) is 4.39 Å². The molecular formula is C13H18FNO. The van der Waals surface area contributed by atoms with Gasteiger partial charge in [-0.1, -0.05) is 13.0 Å². The molecule has 16 heavy (non-hydrogen) atoms. The maximum atomic E-state index is 13.3. The van der Waals surface area contributed by atoms with Gasteiger partial charge in [-0.3, -0.25) is 0 Å². The SMILES string of the molecule is COc1cc(C(C)C2CCCN2)ccc1F. The molecule has 1 saturated heterocycles. The van der Waals surface area contributed by atoms with Crippen LogP contribution in [0.4, 0.5) is 4.39 Å². The quantitative estimate of drug-likeness (QED) is 0.850. The van der Waals surface area contributed by atoms with Crippen LogP contribution >= 0.6 is 0 Å². The number of hydrogen-bond donors (Lipinski definition) is 1. The Kier molecular flexibility index (Phi) is 3.44. The smallest absolute Gasteiger partial charge is 0.165 e. The Labute approximate surface area is 95.8 Å². The van der Waals surface area contributed by atoms with Crippen molar-refractivity contribution >= 4 is 0 Å². The molecule has 0 aromatic heterocycles. The Morgan fingerprint density at radius 2 is 2.31 bits per heavy atom. The Morgan fingerprint density at radius 1 is 1.50 bits per heavy atom. The summed E-state index contributed by atoms with van der Waals surface area (Å²) in [5, 5.41) is 3.47. The first-order valence-electron chi connectivity index (χ1n) is 5.79. The molecule has 2 rings (SSSR count). The van der Waals surface area contributed by atoms with E-state index in [0.717, 1.165) is 12.1 Å². The summed E-state index contributed by atoms with van der Waals surface area (Å²) in [4.78, 5) is 0. The van der Waals surface area contributed by atoms with Gasteiger partial charge in [0.05, 0.1) is 7.11 Å². The molecule has 1 aromatic carbocycles. The Balaban J connectivity index is 2.19. The molecule has 0 aliphatic carbocycles. The lowest BCUT2D eigenvalue weighted by Crippen LogP contribution is -2.27. The van der Waals surface area contributed by atoms with Crippen LogP contribution in [0.5, 0.6) is 5.75 Å². The van der Waals surface area contributed by atoms with Crippen LogP contribution in [-0.2, 0) is 0 Å². The number of benzene rings is 1. The number of nitrogens with one attached hydrogen (secondary N) is 1. The first-order valence-corrected chi connectivity index (χ1v) is 5.79. The molecular weight excluding hydrogens is 205 g/mol. The third-order valence-electron chi connectivity index (χ3n) is 3.40. The molecule has 0 spiro atoms. The maximum absolute atomic E-state index is 13.3. The molecule has 0 saturated carbocycles. The minimum atomic E-state index is -0.294. The predicted octanol–water partition coefficient (Wildman–Crippen LogP) is 2.69. The average molecular weight is 223 g/mol. The summed E-state index contributed by atoms with van der Waals surface area (Å²) in [6, 6.07) is 5.65. The molecule has 1 fully saturated rings. The summed E-state index contributed by atoms with van der Waals surface area (Å²) < 4.78 is 18.3. The Morgan fingerprint density at radius 3 is 2.94 bits per heavy atom. The van der Waals surface area contributed by atoms with Gasteiger partial charge in [0, 0.05) is 6.04 Å². The molecule has 2 atom stereocenters. The second-order valence-electron chi connectivity index (χ2n) is 4.39. The summed E-state index contributed by atoms with van der Waals surface area (Å²) in [6.07, 6.45) is 2.42. The van der Waals surface area contributed by atoms with Crippen molar-refractivity contribution in [1.29, 1.82) is 0 Å². The number of methoxy groups -OCH3 is 1. The van der Waals surface area contributed by atoms with E-state index in [1.165, 1.54) is 26.0 Å². The number of halogens is 1. The van der Waals surface area contributed by atoms with E-state index in [-0.39, 0.29) is 5.82 Å². The summed E-state index contributed by atoms with van der Waals surface area (Å²) in [6.45, 7) is 3.27. The summed E-state index contributed by atoms with van der Waals surface area (Å²) >= 11 is 0. The standard InChI is InChI=1S/C13H18FNO/c1-9(12-4-3-7-15-12)10-5-6-11(14)13(8-10)16-2/h5-6,8-9,12,15H,3-4,7H2,1-2H3. The van der Waals surface area contributed by atoms with Crippen LogP contribution in [0.3, 0.4) is 0 Å². The highest BCUT2D eigenvalue weighted by molar-refractivity contribution is 5.33. The molecule has 1 aliphatic heterocycles. The fraction of sp³-hybridized carbons (Fsp3) is 0.538. The topological polar surface area (TPSA) is 21.3 Å². The van der Waals surface area contributed by atoms with Gasteiger partial charge in [0.15, 0.2) is 11.6 Å². The van der Waals surface area contributed by atoms with Crippen molar-refractivity contribution < 1.29 is 9.13 Å². The number of rotatable bonds is 3. The fourth-order valence-electron chi connectivity index (χ4n) is 2.33. The van der Waals surface area contributed by atoms with E-state index in [4.69, 9.17) is 4.74 Å². The normalized spacial score (nSPS) is 22.1. The number of ether oxygens (including phenoxy) is 1. The van der Waals surface area contributed by atoms with Gasteiger partial charge in [0.2, 0.25) is 0 Å². The maximum Gasteiger partial charge on any atom is 0.165 e. The highest BCUT2D eigenvalue weighted by Crippen LogP contribution is 2.28. The molecule has 0 amide bonds. The van der Waals surface area contributed by atoms with Crippen molar-refractivity contribution in [3.63, 3.8) is 0 Å². The molecule has 2 nitrogen and oxygen atoms in total. The van der Waals surface area contributed by atoms with E-state index in [0.29, 0.717) is 17.7 Å². The zero-order chi connectivity index (χ0) is 11.5. The van der Waals surface area contributed by atoms with Gasteiger partial charge >= 0.3 is 0 Å². The largest absolute Gasteiger partial charge is 0.494 e. The van der Waals surface area contributed by atoms with E-state index < -0.39 is 0 Å². The monoisotopic (exact) mass is 223 g/mol. The average Bonchev–Trinajstić information content (AvgIpc) is 2.82. The Hall–Kier alpha value is -1.09. The van der Waals surface area contributed by atoms with Gasteiger partial charge in [-0.15, -0.1) is 0 Å². The molecule has 0 bridgehead atoms. The van der Waals surface area contributed by atoms with Crippen molar-refractivity contribution in [3.8, 4) is 5.75 Å². The van der Waals surface area contributed by atoms with Crippen molar-refractivity contribution in [2.24, 2.45) is 0 Å². The van der Waals surface area contributed by atoms with E-state index >= 15 is 0 Å². The molecule has 2 unspecified atom stereocenters. The molecule has 1 heterocycles. The van der Waals surface area contributed by atoms with Crippen molar-refractivity contribution in [2.75, 3.05) is 13.7 Å². The lowest BCUT2D eigenvalue weighted by atomic mass is 9.92. The van der Waals surface area contributed by atoms with Crippen LogP contribution in [-0.4, -0.2) is 19.7 Å². The molecule has 88 valence electrons. The van der Waals surface area contributed by atoms with Crippen molar-refractivity contribution in [1.82, 2.24) is 5.32 Å². The van der Waals surface area contributed by atoms with Crippen LogP contribution in [0.15, 0.2) is 18.2 Å². The fourth-order valence-corrected chi connectivity index (χ4v) is 2.33. The summed E-state index contributed by atoms with van der Waals surface area (Å²) in [7, 11) is 1.50. The first-order chi connectivity index (χ1) is 7.72. The minimum Gasteiger partial charge on any atom is -0.494 e. The van der Waals surface area contributed by atoms with Crippen LogP contribution < -0.4 is 10.1 Å². The summed E-state index contributed by atoms with van der Waals surface area (Å²) in [5.41, 5.74) is 1.14. The van der Waals surface area contributed by atoms with Gasteiger partial charge in [0.1, 0.15) is 0 Å². The van der Waals surface area contributed by atoms with Crippen LogP contribution in [0.25, 0.3) is 0 Å². The Bertz CT molecular complexity index is 361. The molecule has 1 N–H and O–H groups in total. The van der Waals surface area contributed by atoms with E-state index in [1.54, 1.807) is 6.07 Å². The highest BCUT2D eigenvalue weighted by atomic mass is 19.1. The molecule has 3 heteroatoms. The minimum absolute atomic E-state index is 0.294. The van der Waals surface area contributed by atoms with Crippen LogP contribution in [0.2, 0.25) is 0 Å². The zero-order valence-electron chi connectivity index (χ0n) is 9.79. The van der Waals surface area contributed by atoms with Crippen LogP contribution in [0.1, 0.15) is 31.2 Å². The summed E-state index contributed by atoms with van der Waals surface area (Å²) in [5.74, 6) is 0.442. The van der Waals surface area contributed by atoms with Gasteiger partial charge < -0.3 is 10.1 Å². The highest BCUT2D eigenvalue weighted by Gasteiger charge is 2.22. The third kappa shape index (κ3) is 2.19. The van der Waals surface area contributed by atoms with Crippen molar-refractivity contribution in [2.45, 2.75) is 31.7 Å². The van der Waals surface area contributed by atoms with Crippen molar-refractivity contribution in [3.05, 3.63) is 29.6 Å². The zero-order valence-corrected chi connectivity index (χ0v) is 9.79. The van der Waals surface area contributed by atoms with Gasteiger partial charge in [-0.05, 0) is 43.0 Å². The van der Waals surface area contributed by atoms with E-state index in [9.17, 15) is 4.39 Å². The van der Waals surface area contributed by atoms with Crippen LogP contribution in [0, 0.1) is 5.82 Å². The third-order valence-corrected chi connectivity index (χ3v) is 3.40. The van der Waals surface area contributed by atoms with Gasteiger partial charge in [-0.2, -0.15) is 0 Å².